The van der Waals surface area contributed by atoms with Crippen molar-refractivity contribution in [2.24, 2.45) is 0 Å². The Labute approximate surface area is 66.2 Å². The lowest BCUT2D eigenvalue weighted by molar-refractivity contribution is 0.325. The molecular weight excluding hydrogens is 138 g/mol. The van der Waals surface area contributed by atoms with Crippen LogP contribution in [0.1, 0.15) is 5.56 Å². The van der Waals surface area contributed by atoms with Gasteiger partial charge in [-0.2, -0.15) is 0 Å². The van der Waals surface area contributed by atoms with E-state index >= 15 is 0 Å². The molecule has 1 aromatic carbocycles. The van der Waals surface area contributed by atoms with Crippen molar-refractivity contribution in [2.75, 3.05) is 13.2 Å². The van der Waals surface area contributed by atoms with Crippen LogP contribution in [0, 0.1) is 0 Å². The fourth-order valence-corrected chi connectivity index (χ4v) is 1.19. The summed E-state index contributed by atoms with van der Waals surface area (Å²) in [6.07, 6.45) is 0. The Morgan fingerprint density at radius 2 is 2.18 bits per heavy atom. The lowest BCUT2D eigenvalue weighted by Crippen LogP contribution is -2.08. The molecule has 0 unspecified atom stereocenters. The molecule has 2 nitrogen and oxygen atoms in total. The van der Waals surface area contributed by atoms with Crippen molar-refractivity contribution >= 4 is 0 Å². The molecule has 2 heteroatoms. The van der Waals surface area contributed by atoms with Gasteiger partial charge in [0.15, 0.2) is 0 Å². The normalized spacial score (nSPS) is 16.4. The van der Waals surface area contributed by atoms with Crippen molar-refractivity contribution in [2.45, 2.75) is 6.54 Å². The molecular formula is C9H10NO. The minimum Gasteiger partial charge on any atom is -0.492 e. The Morgan fingerprint density at radius 3 is 3.18 bits per heavy atom. The van der Waals surface area contributed by atoms with Crippen LogP contribution in [-0.4, -0.2) is 13.2 Å². The Hall–Kier alpha value is -1.02. The molecule has 0 N–H and O–H groups in total. The van der Waals surface area contributed by atoms with Crippen molar-refractivity contribution < 1.29 is 4.74 Å². The summed E-state index contributed by atoms with van der Waals surface area (Å²) in [6, 6.07) is 8.06. The second-order valence-corrected chi connectivity index (χ2v) is 2.56. The van der Waals surface area contributed by atoms with E-state index in [1.54, 1.807) is 0 Å². The molecule has 0 aliphatic carbocycles. The monoisotopic (exact) mass is 148 g/mol. The lowest BCUT2D eigenvalue weighted by atomic mass is 10.2. The Kier molecular flexibility index (Phi) is 1.78. The van der Waals surface area contributed by atoms with Crippen LogP contribution < -0.4 is 10.1 Å². The maximum atomic E-state index is 5.45. The third-order valence-electron chi connectivity index (χ3n) is 1.76. The van der Waals surface area contributed by atoms with Crippen molar-refractivity contribution in [3.05, 3.63) is 29.8 Å². The molecule has 1 aromatic rings. The zero-order chi connectivity index (χ0) is 7.52. The highest BCUT2D eigenvalue weighted by molar-refractivity contribution is 5.33. The first-order chi connectivity index (χ1) is 5.47. The van der Waals surface area contributed by atoms with Crippen molar-refractivity contribution in [3.8, 4) is 5.75 Å². The number of fused-ring (bicyclic) bond motifs is 1. The highest BCUT2D eigenvalue weighted by Gasteiger charge is 2.06. The fraction of sp³-hybridized carbons (Fsp3) is 0.333. The summed E-state index contributed by atoms with van der Waals surface area (Å²) in [5.74, 6) is 0.994. The maximum absolute atomic E-state index is 5.45. The van der Waals surface area contributed by atoms with Gasteiger partial charge in [0.05, 0.1) is 0 Å². The lowest BCUT2D eigenvalue weighted by Gasteiger charge is -2.03. The second kappa shape index (κ2) is 2.93. The van der Waals surface area contributed by atoms with Crippen LogP contribution >= 0.6 is 0 Å². The van der Waals surface area contributed by atoms with Gasteiger partial charge in [-0.1, -0.05) is 18.2 Å². The van der Waals surface area contributed by atoms with E-state index in [2.05, 4.69) is 11.4 Å². The van der Waals surface area contributed by atoms with Gasteiger partial charge in [-0.25, -0.2) is 5.32 Å². The number of rotatable bonds is 0. The van der Waals surface area contributed by atoms with Crippen LogP contribution in [0.25, 0.3) is 0 Å². The van der Waals surface area contributed by atoms with Crippen LogP contribution in [-0.2, 0) is 6.54 Å². The number of hydrogen-bond acceptors (Lipinski definition) is 1. The molecule has 57 valence electrons. The molecule has 1 heterocycles. The highest BCUT2D eigenvalue weighted by Crippen LogP contribution is 2.18. The van der Waals surface area contributed by atoms with Crippen LogP contribution in [0.15, 0.2) is 24.3 Å². The molecule has 11 heavy (non-hydrogen) atoms. The van der Waals surface area contributed by atoms with E-state index in [1.807, 2.05) is 18.2 Å². The Balaban J connectivity index is 2.33. The smallest absolute Gasteiger partial charge is 0.123 e. The van der Waals surface area contributed by atoms with E-state index in [0.717, 1.165) is 25.4 Å². The first kappa shape index (κ1) is 6.68. The first-order valence-corrected chi connectivity index (χ1v) is 3.81. The van der Waals surface area contributed by atoms with Gasteiger partial charge < -0.3 is 4.74 Å². The first-order valence-electron chi connectivity index (χ1n) is 3.81. The molecule has 1 aliphatic rings. The Morgan fingerprint density at radius 1 is 1.27 bits per heavy atom. The highest BCUT2D eigenvalue weighted by atomic mass is 16.5. The van der Waals surface area contributed by atoms with E-state index in [-0.39, 0.29) is 0 Å². The summed E-state index contributed by atoms with van der Waals surface area (Å²) in [7, 11) is 0. The average molecular weight is 148 g/mol. The third-order valence-corrected chi connectivity index (χ3v) is 1.76. The standard InChI is InChI=1S/C9H10NO/c1-2-4-9-8(3-1)7-10-5-6-11-9/h1-4H,5-7H2. The topological polar surface area (TPSA) is 23.3 Å². The summed E-state index contributed by atoms with van der Waals surface area (Å²) < 4.78 is 5.45. The molecule has 1 radical (unpaired) electrons. The van der Waals surface area contributed by atoms with Crippen LogP contribution in [0.4, 0.5) is 0 Å². The molecule has 1 aliphatic heterocycles. The summed E-state index contributed by atoms with van der Waals surface area (Å²) in [6.45, 7) is 2.34. The summed E-state index contributed by atoms with van der Waals surface area (Å²) >= 11 is 0. The van der Waals surface area contributed by atoms with Gasteiger partial charge in [-0.15, -0.1) is 0 Å². The molecule has 0 saturated carbocycles. The maximum Gasteiger partial charge on any atom is 0.123 e. The molecule has 0 amide bonds. The van der Waals surface area contributed by atoms with Gasteiger partial charge >= 0.3 is 0 Å². The van der Waals surface area contributed by atoms with E-state index < -0.39 is 0 Å². The molecule has 0 atom stereocenters. The van der Waals surface area contributed by atoms with E-state index in [4.69, 9.17) is 4.74 Å². The minimum atomic E-state index is 0.719. The Bertz CT molecular complexity index is 222. The largest absolute Gasteiger partial charge is 0.492 e. The number of para-hydroxylation sites is 1. The zero-order valence-electron chi connectivity index (χ0n) is 6.29. The number of nitrogens with zero attached hydrogens (tertiary/aromatic N) is 1. The summed E-state index contributed by atoms with van der Waals surface area (Å²) in [5.41, 5.74) is 1.20. The predicted molar refractivity (Wildman–Crippen MR) is 42.6 cm³/mol. The molecule has 0 bridgehead atoms. The van der Waals surface area contributed by atoms with E-state index in [1.165, 1.54) is 5.56 Å². The van der Waals surface area contributed by atoms with E-state index in [0.29, 0.717) is 0 Å². The predicted octanol–water partition coefficient (Wildman–Crippen LogP) is 1.18. The van der Waals surface area contributed by atoms with Gasteiger partial charge in [0.2, 0.25) is 0 Å². The van der Waals surface area contributed by atoms with Gasteiger partial charge in [0.25, 0.3) is 0 Å². The van der Waals surface area contributed by atoms with Crippen molar-refractivity contribution in [1.29, 1.82) is 0 Å². The molecule has 0 spiro atoms. The van der Waals surface area contributed by atoms with Crippen LogP contribution in [0.3, 0.4) is 0 Å². The SMILES string of the molecule is c1ccc2c(c1)C[N]CCO2. The fourth-order valence-electron chi connectivity index (χ4n) is 1.19. The molecule has 2 rings (SSSR count). The summed E-state index contributed by atoms with van der Waals surface area (Å²) in [4.78, 5) is 0. The average Bonchev–Trinajstić information content (AvgIpc) is 2.28. The van der Waals surface area contributed by atoms with Crippen LogP contribution in [0.2, 0.25) is 0 Å². The van der Waals surface area contributed by atoms with Gasteiger partial charge in [0, 0.05) is 18.7 Å². The van der Waals surface area contributed by atoms with Crippen molar-refractivity contribution in [3.63, 3.8) is 0 Å². The van der Waals surface area contributed by atoms with Gasteiger partial charge in [-0.05, 0) is 6.07 Å². The van der Waals surface area contributed by atoms with Gasteiger partial charge in [0.1, 0.15) is 12.4 Å². The number of ether oxygens (including phenoxy) is 1. The number of benzene rings is 1. The zero-order valence-corrected chi connectivity index (χ0v) is 6.29. The number of hydrogen-bond donors (Lipinski definition) is 0. The van der Waals surface area contributed by atoms with Gasteiger partial charge in [-0.3, -0.25) is 0 Å². The minimum absolute atomic E-state index is 0.719. The molecule has 0 saturated heterocycles. The van der Waals surface area contributed by atoms with Crippen molar-refractivity contribution in [1.82, 2.24) is 5.32 Å². The third kappa shape index (κ3) is 1.35. The van der Waals surface area contributed by atoms with Crippen LogP contribution in [0.5, 0.6) is 5.75 Å². The second-order valence-electron chi connectivity index (χ2n) is 2.56. The molecule has 0 fully saturated rings. The molecule has 0 aromatic heterocycles. The quantitative estimate of drug-likeness (QED) is 0.542. The summed E-state index contributed by atoms with van der Waals surface area (Å²) in [5, 5.41) is 4.29. The van der Waals surface area contributed by atoms with E-state index in [9.17, 15) is 0 Å².